The molecule has 3 aromatic rings. The first-order chi connectivity index (χ1) is 12.9. The summed E-state index contributed by atoms with van der Waals surface area (Å²) in [5, 5.41) is 15.3. The summed E-state index contributed by atoms with van der Waals surface area (Å²) in [5.74, 6) is -0.0789. The number of nitrogens with zero attached hydrogens (tertiary/aromatic N) is 4. The van der Waals surface area contributed by atoms with Gasteiger partial charge >= 0.3 is 0 Å². The van der Waals surface area contributed by atoms with Crippen molar-refractivity contribution in [3.05, 3.63) is 58.7 Å². The lowest BCUT2D eigenvalue weighted by Gasteiger charge is -2.15. The van der Waals surface area contributed by atoms with Crippen LogP contribution >= 0.6 is 11.8 Å². The highest BCUT2D eigenvalue weighted by Gasteiger charge is 2.21. The monoisotopic (exact) mass is 381 g/mol. The van der Waals surface area contributed by atoms with Crippen LogP contribution in [0.4, 0.5) is 5.69 Å². The van der Waals surface area contributed by atoms with Crippen molar-refractivity contribution < 1.29 is 4.79 Å². The van der Waals surface area contributed by atoms with Crippen LogP contribution < -0.4 is 5.32 Å². The van der Waals surface area contributed by atoms with Crippen LogP contribution in [0.15, 0.2) is 41.6 Å². The molecule has 27 heavy (non-hydrogen) atoms. The number of tetrazole rings is 1. The molecule has 0 aliphatic carbocycles. The molecule has 1 amide bonds. The molecule has 0 saturated heterocycles. The standard InChI is InChI=1S/C20H23N5OS/c1-12-9-10-13(2)17(11-12)21-19(26)16(5)27-20-22-23-24-25(20)18-14(3)7-6-8-15(18)4/h6-11,16H,1-5H3,(H,21,26)/t16-/m0/s1. The number of nitrogens with one attached hydrogen (secondary N) is 1. The maximum atomic E-state index is 12.7. The Morgan fingerprint density at radius 1 is 1.07 bits per heavy atom. The van der Waals surface area contributed by atoms with Gasteiger partial charge in [-0.05, 0) is 73.4 Å². The molecule has 0 bridgehead atoms. The lowest BCUT2D eigenvalue weighted by atomic mass is 10.1. The smallest absolute Gasteiger partial charge is 0.237 e. The van der Waals surface area contributed by atoms with Crippen molar-refractivity contribution in [1.82, 2.24) is 20.2 Å². The second-order valence-corrected chi connectivity index (χ2v) is 7.99. The molecule has 1 atom stereocenters. The van der Waals surface area contributed by atoms with Gasteiger partial charge in [-0.2, -0.15) is 4.68 Å². The average Bonchev–Trinajstić information content (AvgIpc) is 3.05. The van der Waals surface area contributed by atoms with Crippen molar-refractivity contribution in [1.29, 1.82) is 0 Å². The van der Waals surface area contributed by atoms with Crippen LogP contribution in [0.5, 0.6) is 0 Å². The number of benzene rings is 2. The Kier molecular flexibility index (Phi) is 5.60. The number of aryl methyl sites for hydroxylation is 4. The normalized spacial score (nSPS) is 12.0. The van der Waals surface area contributed by atoms with E-state index in [0.717, 1.165) is 33.6 Å². The Bertz CT molecular complexity index is 962. The zero-order chi connectivity index (χ0) is 19.6. The van der Waals surface area contributed by atoms with Gasteiger partial charge in [0.05, 0.1) is 10.9 Å². The maximum Gasteiger partial charge on any atom is 0.237 e. The molecule has 0 fully saturated rings. The molecule has 0 radical (unpaired) electrons. The van der Waals surface area contributed by atoms with E-state index in [4.69, 9.17) is 0 Å². The Morgan fingerprint density at radius 2 is 1.78 bits per heavy atom. The lowest BCUT2D eigenvalue weighted by Crippen LogP contribution is -2.23. The second kappa shape index (κ2) is 7.92. The minimum atomic E-state index is -0.348. The zero-order valence-electron chi connectivity index (χ0n) is 16.1. The van der Waals surface area contributed by atoms with Crippen LogP contribution in [0.3, 0.4) is 0 Å². The van der Waals surface area contributed by atoms with E-state index >= 15 is 0 Å². The third kappa shape index (κ3) is 4.19. The SMILES string of the molecule is Cc1ccc(C)c(NC(=O)[C@H](C)Sc2nnnn2-c2c(C)cccc2C)c1. The van der Waals surface area contributed by atoms with Gasteiger partial charge in [-0.1, -0.05) is 42.1 Å². The molecule has 1 heterocycles. The van der Waals surface area contributed by atoms with Crippen LogP contribution in [0.2, 0.25) is 0 Å². The van der Waals surface area contributed by atoms with E-state index < -0.39 is 0 Å². The number of anilines is 1. The minimum Gasteiger partial charge on any atom is -0.325 e. The van der Waals surface area contributed by atoms with Gasteiger partial charge in [0.15, 0.2) is 0 Å². The molecule has 2 aromatic carbocycles. The number of carbonyl (C=O) groups excluding carboxylic acids is 1. The number of amides is 1. The predicted octanol–water partition coefficient (Wildman–Crippen LogP) is 4.02. The number of carbonyl (C=O) groups is 1. The maximum absolute atomic E-state index is 12.7. The summed E-state index contributed by atoms with van der Waals surface area (Å²) in [6.45, 7) is 9.89. The third-order valence-corrected chi connectivity index (χ3v) is 5.43. The molecule has 0 unspecified atom stereocenters. The molecule has 0 spiro atoms. The van der Waals surface area contributed by atoms with Crippen LogP contribution in [0, 0.1) is 27.7 Å². The molecule has 1 aromatic heterocycles. The van der Waals surface area contributed by atoms with Gasteiger partial charge in [-0.15, -0.1) is 5.10 Å². The number of thioether (sulfide) groups is 1. The van der Waals surface area contributed by atoms with Crippen LogP contribution in [0.25, 0.3) is 5.69 Å². The van der Waals surface area contributed by atoms with E-state index in [9.17, 15) is 4.79 Å². The molecule has 7 heteroatoms. The van der Waals surface area contributed by atoms with E-state index in [1.165, 1.54) is 11.8 Å². The molecule has 0 saturated carbocycles. The molecule has 0 aliphatic rings. The van der Waals surface area contributed by atoms with E-state index in [1.54, 1.807) is 4.68 Å². The quantitative estimate of drug-likeness (QED) is 0.676. The van der Waals surface area contributed by atoms with Crippen molar-refractivity contribution in [2.75, 3.05) is 5.32 Å². The Labute approximate surface area is 163 Å². The summed E-state index contributed by atoms with van der Waals surface area (Å²) in [6, 6.07) is 12.1. The van der Waals surface area contributed by atoms with Crippen molar-refractivity contribution in [3.8, 4) is 5.69 Å². The summed E-state index contributed by atoms with van der Waals surface area (Å²) in [5.41, 5.74) is 6.09. The fraction of sp³-hybridized carbons (Fsp3) is 0.300. The number of aromatic nitrogens is 4. The fourth-order valence-corrected chi connectivity index (χ4v) is 3.64. The van der Waals surface area contributed by atoms with Gasteiger partial charge in [0, 0.05) is 5.69 Å². The Morgan fingerprint density at radius 3 is 2.48 bits per heavy atom. The molecule has 6 nitrogen and oxygen atoms in total. The first-order valence-electron chi connectivity index (χ1n) is 8.76. The number of para-hydroxylation sites is 1. The molecule has 1 N–H and O–H groups in total. The summed E-state index contributed by atoms with van der Waals surface area (Å²) in [7, 11) is 0. The summed E-state index contributed by atoms with van der Waals surface area (Å²) in [6.07, 6.45) is 0. The Hall–Kier alpha value is -2.67. The minimum absolute atomic E-state index is 0.0789. The van der Waals surface area contributed by atoms with Crippen molar-refractivity contribution in [3.63, 3.8) is 0 Å². The first-order valence-corrected chi connectivity index (χ1v) is 9.64. The lowest BCUT2D eigenvalue weighted by molar-refractivity contribution is -0.115. The first kappa shape index (κ1) is 19.1. The van der Waals surface area contributed by atoms with E-state index in [2.05, 4.69) is 20.8 Å². The van der Waals surface area contributed by atoms with Gasteiger partial charge in [0.2, 0.25) is 11.1 Å². The van der Waals surface area contributed by atoms with Gasteiger partial charge in [-0.25, -0.2) is 0 Å². The highest BCUT2D eigenvalue weighted by Crippen LogP contribution is 2.27. The predicted molar refractivity (Wildman–Crippen MR) is 108 cm³/mol. The van der Waals surface area contributed by atoms with E-state index in [-0.39, 0.29) is 11.2 Å². The van der Waals surface area contributed by atoms with Gasteiger partial charge in [0.25, 0.3) is 0 Å². The van der Waals surface area contributed by atoms with Crippen LogP contribution in [-0.2, 0) is 4.79 Å². The number of hydrogen-bond donors (Lipinski definition) is 1. The second-order valence-electron chi connectivity index (χ2n) is 6.68. The van der Waals surface area contributed by atoms with E-state index in [0.29, 0.717) is 5.16 Å². The van der Waals surface area contributed by atoms with Crippen LogP contribution in [-0.4, -0.2) is 31.4 Å². The van der Waals surface area contributed by atoms with Crippen molar-refractivity contribution in [2.24, 2.45) is 0 Å². The summed E-state index contributed by atoms with van der Waals surface area (Å²) >= 11 is 1.34. The molecule has 0 aliphatic heterocycles. The van der Waals surface area contributed by atoms with Crippen molar-refractivity contribution in [2.45, 2.75) is 45.0 Å². The van der Waals surface area contributed by atoms with Gasteiger partial charge < -0.3 is 5.32 Å². The van der Waals surface area contributed by atoms with Crippen molar-refractivity contribution >= 4 is 23.4 Å². The highest BCUT2D eigenvalue weighted by molar-refractivity contribution is 8.00. The Balaban J connectivity index is 1.79. The highest BCUT2D eigenvalue weighted by atomic mass is 32.2. The zero-order valence-corrected chi connectivity index (χ0v) is 17.0. The third-order valence-electron chi connectivity index (χ3n) is 4.39. The van der Waals surface area contributed by atoms with Crippen LogP contribution in [0.1, 0.15) is 29.2 Å². The fourth-order valence-electron chi connectivity index (χ4n) is 2.85. The number of rotatable bonds is 5. The van der Waals surface area contributed by atoms with Gasteiger partial charge in [0.1, 0.15) is 0 Å². The summed E-state index contributed by atoms with van der Waals surface area (Å²) in [4.78, 5) is 12.7. The topological polar surface area (TPSA) is 72.7 Å². The molecular weight excluding hydrogens is 358 g/mol. The average molecular weight is 382 g/mol. The summed E-state index contributed by atoms with van der Waals surface area (Å²) < 4.78 is 1.71. The molecular formula is C20H23N5OS. The number of hydrogen-bond acceptors (Lipinski definition) is 5. The van der Waals surface area contributed by atoms with E-state index in [1.807, 2.05) is 71.0 Å². The van der Waals surface area contributed by atoms with Gasteiger partial charge in [-0.3, -0.25) is 4.79 Å². The largest absolute Gasteiger partial charge is 0.325 e. The molecule has 3 rings (SSSR count). The molecule has 140 valence electrons.